The second-order valence-electron chi connectivity index (χ2n) is 2.21. The molecule has 0 fully saturated rings. The zero-order valence-electron chi connectivity index (χ0n) is 6.71. The Hall–Kier alpha value is -0.830. The third-order valence-corrected chi connectivity index (χ3v) is 1.23. The number of hydrogen-bond donors (Lipinski definition) is 1. The molecular formula is C8H15NO2. The van der Waals surface area contributed by atoms with Crippen molar-refractivity contribution in [3.8, 4) is 0 Å². The molecule has 0 bridgehead atoms. The molecule has 64 valence electrons. The number of carbonyl (C=O) groups is 1. The molecule has 0 aromatic heterocycles. The molecule has 0 radical (unpaired) electrons. The zero-order valence-corrected chi connectivity index (χ0v) is 6.71. The van der Waals surface area contributed by atoms with Crippen LogP contribution in [-0.4, -0.2) is 19.1 Å². The number of carbonyl (C=O) groups excluding carboxylic acids is 1. The molecule has 0 spiro atoms. The molecule has 3 heteroatoms. The lowest BCUT2D eigenvalue weighted by molar-refractivity contribution is -0.142. The number of unbranched alkanes of at least 4 members (excludes halogenated alkanes) is 2. The van der Waals surface area contributed by atoms with Gasteiger partial charge in [-0.25, -0.2) is 0 Å². The van der Waals surface area contributed by atoms with Gasteiger partial charge in [0.05, 0.1) is 13.2 Å². The molecule has 11 heavy (non-hydrogen) atoms. The van der Waals surface area contributed by atoms with E-state index in [0.29, 0.717) is 6.61 Å². The molecule has 0 aromatic carbocycles. The molecule has 2 N–H and O–H groups in total. The minimum absolute atomic E-state index is 0.0263. The second kappa shape index (κ2) is 7.28. The van der Waals surface area contributed by atoms with Gasteiger partial charge in [-0.3, -0.25) is 4.79 Å². The summed E-state index contributed by atoms with van der Waals surface area (Å²) in [6.07, 6.45) is 4.73. The summed E-state index contributed by atoms with van der Waals surface area (Å²) in [4.78, 5) is 10.5. The summed E-state index contributed by atoms with van der Waals surface area (Å²) >= 11 is 0. The molecule has 0 amide bonds. The van der Waals surface area contributed by atoms with Crippen LogP contribution in [0.3, 0.4) is 0 Å². The van der Waals surface area contributed by atoms with Crippen molar-refractivity contribution in [1.82, 2.24) is 0 Å². The fraction of sp³-hybridized carbons (Fsp3) is 0.625. The van der Waals surface area contributed by atoms with Crippen molar-refractivity contribution < 1.29 is 9.53 Å². The van der Waals surface area contributed by atoms with Gasteiger partial charge < -0.3 is 10.5 Å². The molecule has 0 rings (SSSR count). The number of hydrogen-bond acceptors (Lipinski definition) is 3. The molecule has 3 nitrogen and oxygen atoms in total. The molecule has 0 unspecified atom stereocenters. The van der Waals surface area contributed by atoms with E-state index in [9.17, 15) is 4.79 Å². The van der Waals surface area contributed by atoms with Crippen molar-refractivity contribution in [1.29, 1.82) is 0 Å². The van der Waals surface area contributed by atoms with Gasteiger partial charge in [-0.2, -0.15) is 0 Å². The number of esters is 1. The summed E-state index contributed by atoms with van der Waals surface area (Å²) in [6, 6.07) is 0. The number of nitrogens with two attached hydrogens (primary N) is 1. The lowest BCUT2D eigenvalue weighted by atomic mass is 10.2. The largest absolute Gasteiger partial charge is 0.465 e. The van der Waals surface area contributed by atoms with Crippen LogP contribution in [0, 0.1) is 0 Å². The lowest BCUT2D eigenvalue weighted by Crippen LogP contribution is -2.17. The van der Waals surface area contributed by atoms with Crippen LogP contribution in [0.15, 0.2) is 12.7 Å². The van der Waals surface area contributed by atoms with E-state index in [1.807, 2.05) is 6.08 Å². The van der Waals surface area contributed by atoms with Gasteiger partial charge in [0.15, 0.2) is 0 Å². The summed E-state index contributed by atoms with van der Waals surface area (Å²) in [7, 11) is 0. The van der Waals surface area contributed by atoms with E-state index >= 15 is 0 Å². The van der Waals surface area contributed by atoms with E-state index in [1.54, 1.807) is 0 Å². The highest BCUT2D eigenvalue weighted by molar-refractivity contribution is 5.71. The monoisotopic (exact) mass is 157 g/mol. The predicted molar refractivity (Wildman–Crippen MR) is 44.1 cm³/mol. The quantitative estimate of drug-likeness (QED) is 0.353. The van der Waals surface area contributed by atoms with Gasteiger partial charge in [-0.1, -0.05) is 6.08 Å². The van der Waals surface area contributed by atoms with Crippen LogP contribution in [0.1, 0.15) is 19.3 Å². The first kappa shape index (κ1) is 10.2. The van der Waals surface area contributed by atoms with E-state index in [0.717, 1.165) is 19.3 Å². The first-order chi connectivity index (χ1) is 5.31. The van der Waals surface area contributed by atoms with Gasteiger partial charge in [0.2, 0.25) is 0 Å². The molecule has 0 aliphatic rings. The van der Waals surface area contributed by atoms with Crippen LogP contribution < -0.4 is 5.73 Å². The summed E-state index contributed by atoms with van der Waals surface area (Å²) in [5, 5.41) is 0. The van der Waals surface area contributed by atoms with E-state index in [2.05, 4.69) is 6.58 Å². The Kier molecular flexibility index (Phi) is 6.73. The summed E-state index contributed by atoms with van der Waals surface area (Å²) in [5.41, 5.74) is 5.02. The molecule has 0 heterocycles. The van der Waals surface area contributed by atoms with Gasteiger partial charge in [0.1, 0.15) is 0 Å². The first-order valence-electron chi connectivity index (χ1n) is 3.78. The molecule has 0 atom stereocenters. The zero-order chi connectivity index (χ0) is 8.53. The van der Waals surface area contributed by atoms with Crippen molar-refractivity contribution in [2.24, 2.45) is 5.73 Å². The van der Waals surface area contributed by atoms with Crippen molar-refractivity contribution >= 4 is 5.97 Å². The molecule has 0 aliphatic carbocycles. The van der Waals surface area contributed by atoms with Gasteiger partial charge in [0.25, 0.3) is 0 Å². The van der Waals surface area contributed by atoms with Gasteiger partial charge in [0, 0.05) is 0 Å². The Morgan fingerprint density at radius 1 is 1.55 bits per heavy atom. The van der Waals surface area contributed by atoms with Crippen molar-refractivity contribution in [3.63, 3.8) is 0 Å². The Labute approximate surface area is 67.2 Å². The normalized spacial score (nSPS) is 9.18. The Morgan fingerprint density at radius 2 is 2.27 bits per heavy atom. The van der Waals surface area contributed by atoms with E-state index in [1.165, 1.54) is 0 Å². The average molecular weight is 157 g/mol. The highest BCUT2D eigenvalue weighted by Crippen LogP contribution is 1.95. The van der Waals surface area contributed by atoms with Gasteiger partial charge in [-0.05, 0) is 19.3 Å². The van der Waals surface area contributed by atoms with Crippen LogP contribution in [0.2, 0.25) is 0 Å². The van der Waals surface area contributed by atoms with Crippen LogP contribution in [0.4, 0.5) is 0 Å². The highest BCUT2D eigenvalue weighted by Gasteiger charge is 1.95. The third kappa shape index (κ3) is 7.06. The Bertz CT molecular complexity index is 123. The van der Waals surface area contributed by atoms with Crippen LogP contribution in [0.25, 0.3) is 0 Å². The van der Waals surface area contributed by atoms with Gasteiger partial charge >= 0.3 is 5.97 Å². The molecular weight excluding hydrogens is 142 g/mol. The smallest absolute Gasteiger partial charge is 0.319 e. The maximum atomic E-state index is 10.5. The summed E-state index contributed by atoms with van der Waals surface area (Å²) < 4.78 is 4.74. The highest BCUT2D eigenvalue weighted by atomic mass is 16.5. The lowest BCUT2D eigenvalue weighted by Gasteiger charge is -2.00. The van der Waals surface area contributed by atoms with Crippen molar-refractivity contribution in [2.45, 2.75) is 19.3 Å². The van der Waals surface area contributed by atoms with Crippen molar-refractivity contribution in [3.05, 3.63) is 12.7 Å². The SMILES string of the molecule is C=CCCCCOC(=O)CN. The molecule has 0 aliphatic heterocycles. The fourth-order valence-corrected chi connectivity index (χ4v) is 0.636. The topological polar surface area (TPSA) is 52.3 Å². The van der Waals surface area contributed by atoms with E-state index in [-0.39, 0.29) is 12.5 Å². The molecule has 0 saturated heterocycles. The maximum Gasteiger partial charge on any atom is 0.319 e. The van der Waals surface area contributed by atoms with Crippen LogP contribution in [0.5, 0.6) is 0 Å². The average Bonchev–Trinajstić information content (AvgIpc) is 2.04. The minimum atomic E-state index is -0.330. The first-order valence-corrected chi connectivity index (χ1v) is 3.78. The maximum absolute atomic E-state index is 10.5. The van der Waals surface area contributed by atoms with E-state index < -0.39 is 0 Å². The van der Waals surface area contributed by atoms with Crippen molar-refractivity contribution in [2.75, 3.05) is 13.2 Å². The number of rotatable bonds is 6. The summed E-state index contributed by atoms with van der Waals surface area (Å²) in [6.45, 7) is 4.03. The fourth-order valence-electron chi connectivity index (χ4n) is 0.636. The Balaban J connectivity index is 3.01. The summed E-state index contributed by atoms with van der Waals surface area (Å²) in [5.74, 6) is -0.330. The predicted octanol–water partition coefficient (Wildman–Crippen LogP) is 0.845. The van der Waals surface area contributed by atoms with Crippen LogP contribution in [-0.2, 0) is 9.53 Å². The number of ether oxygens (including phenoxy) is 1. The van der Waals surface area contributed by atoms with Gasteiger partial charge in [-0.15, -0.1) is 6.58 Å². The third-order valence-electron chi connectivity index (χ3n) is 1.23. The Morgan fingerprint density at radius 3 is 2.82 bits per heavy atom. The van der Waals surface area contributed by atoms with E-state index in [4.69, 9.17) is 10.5 Å². The number of allylic oxidation sites excluding steroid dienone is 1. The molecule has 0 aromatic rings. The second-order valence-corrected chi connectivity index (χ2v) is 2.21. The standard InChI is InChI=1S/C8H15NO2/c1-2-3-4-5-6-11-8(10)7-9/h2H,1,3-7,9H2. The van der Waals surface area contributed by atoms with Crippen LogP contribution >= 0.6 is 0 Å². The molecule has 0 saturated carbocycles. The minimum Gasteiger partial charge on any atom is -0.465 e.